The van der Waals surface area contributed by atoms with Crippen molar-refractivity contribution in [3.05, 3.63) is 16.1 Å². The fourth-order valence-electron chi connectivity index (χ4n) is 2.89. The van der Waals surface area contributed by atoms with Crippen LogP contribution in [0.5, 0.6) is 0 Å². The molecule has 4 heteroatoms. The first kappa shape index (κ1) is 14.9. The molecule has 1 unspecified atom stereocenters. The van der Waals surface area contributed by atoms with Gasteiger partial charge >= 0.3 is 0 Å². The van der Waals surface area contributed by atoms with E-state index in [9.17, 15) is 0 Å². The van der Waals surface area contributed by atoms with E-state index in [0.29, 0.717) is 6.04 Å². The molecule has 1 atom stereocenters. The predicted molar refractivity (Wildman–Crippen MR) is 82.9 cm³/mol. The van der Waals surface area contributed by atoms with E-state index in [2.05, 4.69) is 41.4 Å². The van der Waals surface area contributed by atoms with Crippen LogP contribution in [-0.4, -0.2) is 42.1 Å². The first-order valence-corrected chi connectivity index (χ1v) is 8.43. The highest BCUT2D eigenvalue weighted by Crippen LogP contribution is 2.20. The first-order chi connectivity index (χ1) is 9.19. The van der Waals surface area contributed by atoms with Gasteiger partial charge in [-0.05, 0) is 52.2 Å². The van der Waals surface area contributed by atoms with Crippen LogP contribution in [0.1, 0.15) is 37.4 Å². The van der Waals surface area contributed by atoms with E-state index in [-0.39, 0.29) is 0 Å². The Bertz CT molecular complexity index is 369. The highest BCUT2D eigenvalue weighted by atomic mass is 32.1. The number of likely N-dealkylation sites (tertiary alicyclic amines) is 1. The first-order valence-electron chi connectivity index (χ1n) is 7.55. The van der Waals surface area contributed by atoms with Gasteiger partial charge in [-0.2, -0.15) is 0 Å². The molecule has 0 bridgehead atoms. The summed E-state index contributed by atoms with van der Waals surface area (Å²) in [5, 5.41) is 7.05. The summed E-state index contributed by atoms with van der Waals surface area (Å²) in [4.78, 5) is 7.07. The monoisotopic (exact) mass is 281 g/mol. The third-order valence-corrected chi connectivity index (χ3v) is 5.12. The molecule has 0 spiro atoms. The minimum absolute atomic E-state index is 0.638. The number of aryl methyl sites for hydroxylation is 1. The second-order valence-electron chi connectivity index (χ2n) is 5.62. The van der Waals surface area contributed by atoms with Gasteiger partial charge in [0, 0.05) is 24.4 Å². The number of piperidine rings is 1. The Morgan fingerprint density at radius 3 is 2.79 bits per heavy atom. The topological polar surface area (TPSA) is 28.2 Å². The molecule has 1 aromatic rings. The van der Waals surface area contributed by atoms with Crippen molar-refractivity contribution in [2.24, 2.45) is 5.92 Å². The lowest BCUT2D eigenvalue weighted by Gasteiger charge is -2.34. The zero-order valence-corrected chi connectivity index (χ0v) is 13.3. The second kappa shape index (κ2) is 7.36. The van der Waals surface area contributed by atoms with Gasteiger partial charge in [0.15, 0.2) is 0 Å². The van der Waals surface area contributed by atoms with E-state index in [1.807, 2.05) is 0 Å². The Kier molecular flexibility index (Phi) is 5.79. The molecule has 0 aromatic carbocycles. The third-order valence-electron chi connectivity index (χ3n) is 4.30. The zero-order chi connectivity index (χ0) is 13.7. The van der Waals surface area contributed by atoms with Crippen LogP contribution in [0.2, 0.25) is 0 Å². The van der Waals surface area contributed by atoms with Gasteiger partial charge in [-0.25, -0.2) is 4.98 Å². The van der Waals surface area contributed by atoms with Crippen molar-refractivity contribution in [2.75, 3.05) is 26.2 Å². The van der Waals surface area contributed by atoms with Crippen molar-refractivity contribution in [1.82, 2.24) is 15.2 Å². The van der Waals surface area contributed by atoms with E-state index in [1.54, 1.807) is 11.3 Å². The molecule has 1 aliphatic rings. The Hall–Kier alpha value is -0.450. The molecule has 0 amide bonds. The largest absolute Gasteiger partial charge is 0.314 e. The Labute approximate surface area is 121 Å². The number of rotatable bonds is 6. The molecule has 0 radical (unpaired) electrons. The Morgan fingerprint density at radius 1 is 1.47 bits per heavy atom. The molecular weight excluding hydrogens is 254 g/mol. The van der Waals surface area contributed by atoms with Crippen LogP contribution in [0.3, 0.4) is 0 Å². The molecule has 1 saturated heterocycles. The van der Waals surface area contributed by atoms with E-state index < -0.39 is 0 Å². The highest BCUT2D eigenvalue weighted by molar-refractivity contribution is 7.09. The number of nitrogens with one attached hydrogen (secondary N) is 1. The summed E-state index contributed by atoms with van der Waals surface area (Å²) in [5.41, 5.74) is 1.24. The minimum atomic E-state index is 0.638. The summed E-state index contributed by atoms with van der Waals surface area (Å²) in [5.74, 6) is 0.847. The van der Waals surface area contributed by atoms with E-state index in [0.717, 1.165) is 18.9 Å². The standard InChI is InChI=1S/C15H27N3S/c1-4-18-9-6-14(7-10-18)12(2)16-8-5-15-11-19-13(3)17-15/h11-12,14,16H,4-10H2,1-3H3. The maximum atomic E-state index is 4.51. The van der Waals surface area contributed by atoms with E-state index >= 15 is 0 Å². The zero-order valence-electron chi connectivity index (χ0n) is 12.5. The lowest BCUT2D eigenvalue weighted by atomic mass is 9.90. The van der Waals surface area contributed by atoms with Gasteiger partial charge in [-0.1, -0.05) is 6.92 Å². The molecule has 19 heavy (non-hydrogen) atoms. The van der Waals surface area contributed by atoms with E-state index in [1.165, 1.54) is 43.2 Å². The number of hydrogen-bond donors (Lipinski definition) is 1. The van der Waals surface area contributed by atoms with Crippen LogP contribution in [0.4, 0.5) is 0 Å². The van der Waals surface area contributed by atoms with Gasteiger partial charge < -0.3 is 10.2 Å². The second-order valence-corrected chi connectivity index (χ2v) is 6.68. The Morgan fingerprint density at radius 2 is 2.21 bits per heavy atom. The summed E-state index contributed by atoms with van der Waals surface area (Å²) in [6, 6.07) is 0.638. The quantitative estimate of drug-likeness (QED) is 0.869. The van der Waals surface area contributed by atoms with Crippen molar-refractivity contribution in [3.8, 4) is 0 Å². The van der Waals surface area contributed by atoms with Gasteiger partial charge in [0.25, 0.3) is 0 Å². The number of hydrogen-bond acceptors (Lipinski definition) is 4. The maximum absolute atomic E-state index is 4.51. The lowest BCUT2D eigenvalue weighted by molar-refractivity contribution is 0.169. The molecule has 2 heterocycles. The van der Waals surface area contributed by atoms with Crippen molar-refractivity contribution in [1.29, 1.82) is 0 Å². The van der Waals surface area contributed by atoms with Crippen LogP contribution in [0.15, 0.2) is 5.38 Å². The van der Waals surface area contributed by atoms with Crippen LogP contribution in [0.25, 0.3) is 0 Å². The molecular formula is C15H27N3S. The molecule has 108 valence electrons. The molecule has 1 aliphatic heterocycles. The average molecular weight is 281 g/mol. The summed E-state index contributed by atoms with van der Waals surface area (Å²) in [6.07, 6.45) is 3.75. The van der Waals surface area contributed by atoms with Crippen molar-refractivity contribution in [3.63, 3.8) is 0 Å². The number of aromatic nitrogens is 1. The molecule has 2 rings (SSSR count). The van der Waals surface area contributed by atoms with Crippen LogP contribution in [0, 0.1) is 12.8 Å². The van der Waals surface area contributed by atoms with E-state index in [4.69, 9.17) is 0 Å². The summed E-state index contributed by atoms with van der Waals surface area (Å²) < 4.78 is 0. The minimum Gasteiger partial charge on any atom is -0.314 e. The number of thiazole rings is 1. The van der Waals surface area contributed by atoms with Gasteiger partial charge in [0.1, 0.15) is 0 Å². The van der Waals surface area contributed by atoms with Crippen LogP contribution in [-0.2, 0) is 6.42 Å². The predicted octanol–water partition coefficient (Wildman–Crippen LogP) is 2.70. The maximum Gasteiger partial charge on any atom is 0.0897 e. The SMILES string of the molecule is CCN1CCC(C(C)NCCc2csc(C)n2)CC1. The van der Waals surface area contributed by atoms with Gasteiger partial charge in [0.05, 0.1) is 10.7 Å². The van der Waals surface area contributed by atoms with Crippen molar-refractivity contribution in [2.45, 2.75) is 46.1 Å². The molecule has 1 aromatic heterocycles. The molecule has 1 fully saturated rings. The molecule has 1 N–H and O–H groups in total. The van der Waals surface area contributed by atoms with Crippen LogP contribution >= 0.6 is 11.3 Å². The van der Waals surface area contributed by atoms with Crippen molar-refractivity contribution < 1.29 is 0 Å². The van der Waals surface area contributed by atoms with Gasteiger partial charge in [-0.3, -0.25) is 0 Å². The highest BCUT2D eigenvalue weighted by Gasteiger charge is 2.22. The summed E-state index contributed by atoms with van der Waals surface area (Å²) >= 11 is 1.75. The average Bonchev–Trinajstić information content (AvgIpc) is 2.84. The smallest absolute Gasteiger partial charge is 0.0897 e. The number of nitrogens with zero attached hydrogens (tertiary/aromatic N) is 2. The van der Waals surface area contributed by atoms with Gasteiger partial charge in [0.2, 0.25) is 0 Å². The van der Waals surface area contributed by atoms with Gasteiger partial charge in [-0.15, -0.1) is 11.3 Å². The van der Waals surface area contributed by atoms with Crippen LogP contribution < -0.4 is 5.32 Å². The molecule has 3 nitrogen and oxygen atoms in total. The molecule has 0 saturated carbocycles. The fourth-order valence-corrected chi connectivity index (χ4v) is 3.53. The Balaban J connectivity index is 1.65. The third kappa shape index (κ3) is 4.55. The summed E-state index contributed by atoms with van der Waals surface area (Å²) in [6.45, 7) is 11.5. The normalized spacial score (nSPS) is 19.7. The lowest BCUT2D eigenvalue weighted by Crippen LogP contribution is -2.42. The fraction of sp³-hybridized carbons (Fsp3) is 0.800. The summed E-state index contributed by atoms with van der Waals surface area (Å²) in [7, 11) is 0. The molecule has 0 aliphatic carbocycles. The van der Waals surface area contributed by atoms with Crippen molar-refractivity contribution >= 4 is 11.3 Å².